The Kier molecular flexibility index (Phi) is 43.7. The molecule has 0 spiro atoms. The molecule has 7 N–H and O–H groups in total. The number of aliphatic hydroxyl groups excluding tert-OH is 7. The van der Waals surface area contributed by atoms with Crippen molar-refractivity contribution in [1.29, 1.82) is 0 Å². The summed E-state index contributed by atoms with van der Waals surface area (Å²) in [7, 11) is 0. The minimum Gasteiger partial charge on any atom is -0.457 e. The minimum atomic E-state index is -1.71. The molecule has 0 aromatic heterocycles. The molecule has 0 saturated carbocycles. The van der Waals surface area contributed by atoms with Crippen molar-refractivity contribution in [2.45, 2.75) is 287 Å². The monoisotopic (exact) mass is 1060 g/mol. The molecule has 14 nitrogen and oxygen atoms in total. The van der Waals surface area contributed by atoms with Crippen LogP contribution in [0.1, 0.15) is 219 Å². The Morgan fingerprint density at radius 3 is 1.32 bits per heavy atom. The predicted octanol–water partition coefficient (Wildman–Crippen LogP) is 10.9. The number of hydrogen-bond acceptors (Lipinski definition) is 14. The van der Waals surface area contributed by atoms with Crippen LogP contribution in [0.4, 0.5) is 0 Å². The minimum absolute atomic E-state index is 0.0527. The van der Waals surface area contributed by atoms with Crippen molar-refractivity contribution < 1.29 is 69.0 Å². The molecular formula is C61H108O14. The summed E-state index contributed by atoms with van der Waals surface area (Å²) < 4.78 is 34.4. The number of hydrogen-bond donors (Lipinski definition) is 7. The van der Waals surface area contributed by atoms with Gasteiger partial charge in [0.05, 0.1) is 26.4 Å². The zero-order chi connectivity index (χ0) is 54.4. The number of carbonyl (C=O) groups excluding carboxylic acids is 1. The molecule has 0 aliphatic carbocycles. The summed E-state index contributed by atoms with van der Waals surface area (Å²) in [6, 6.07) is 0. The van der Waals surface area contributed by atoms with Crippen molar-refractivity contribution in [3.63, 3.8) is 0 Å². The van der Waals surface area contributed by atoms with E-state index >= 15 is 0 Å². The van der Waals surface area contributed by atoms with Gasteiger partial charge >= 0.3 is 5.97 Å². The molecule has 0 bridgehead atoms. The highest BCUT2D eigenvalue weighted by molar-refractivity contribution is 5.69. The summed E-state index contributed by atoms with van der Waals surface area (Å²) in [6.45, 7) is 3.64. The number of rotatable bonds is 48. The molecule has 2 heterocycles. The predicted molar refractivity (Wildman–Crippen MR) is 298 cm³/mol. The third-order valence-corrected chi connectivity index (χ3v) is 14.0. The van der Waals surface area contributed by atoms with E-state index in [1.54, 1.807) is 0 Å². The van der Waals surface area contributed by atoms with E-state index in [0.29, 0.717) is 13.0 Å². The summed E-state index contributed by atoms with van der Waals surface area (Å²) >= 11 is 0. The fraction of sp³-hybridized carbons (Fsp3) is 0.820. The van der Waals surface area contributed by atoms with Crippen LogP contribution in [0.15, 0.2) is 60.8 Å². The van der Waals surface area contributed by atoms with E-state index < -0.39 is 80.7 Å². The van der Waals surface area contributed by atoms with Crippen LogP contribution in [-0.2, 0) is 33.2 Å². The third-order valence-electron chi connectivity index (χ3n) is 14.0. The van der Waals surface area contributed by atoms with Crippen LogP contribution >= 0.6 is 0 Å². The summed E-state index contributed by atoms with van der Waals surface area (Å²) in [5, 5.41) is 72.4. The molecule has 0 amide bonds. The summed E-state index contributed by atoms with van der Waals surface area (Å²) in [4.78, 5) is 13.1. The second kappa shape index (κ2) is 47.7. The van der Waals surface area contributed by atoms with Gasteiger partial charge in [0, 0.05) is 13.0 Å². The average Bonchev–Trinajstić information content (AvgIpc) is 3.41. The van der Waals surface area contributed by atoms with Crippen LogP contribution in [0.2, 0.25) is 0 Å². The normalized spacial score (nSPS) is 25.0. The number of esters is 1. The second-order valence-corrected chi connectivity index (χ2v) is 20.8. The van der Waals surface area contributed by atoms with Crippen molar-refractivity contribution in [1.82, 2.24) is 0 Å². The Morgan fingerprint density at radius 1 is 0.440 bits per heavy atom. The van der Waals surface area contributed by atoms with E-state index in [-0.39, 0.29) is 25.6 Å². The highest BCUT2D eigenvalue weighted by Crippen LogP contribution is 2.27. The zero-order valence-corrected chi connectivity index (χ0v) is 46.8. The number of unbranched alkanes of at least 4 members (excludes halogenated alkanes) is 24. The molecule has 11 unspecified atom stereocenters. The first kappa shape index (κ1) is 68.8. The first-order chi connectivity index (χ1) is 36.6. The maximum atomic E-state index is 13.1. The molecular weight excluding hydrogens is 957 g/mol. The Hall–Kier alpha value is -2.31. The standard InChI is InChI=1S/C61H108O14/c1-3-5-7-9-11-13-15-17-19-21-22-23-24-25-26-27-29-31-33-35-37-39-41-43-45-70-47-50(73-53(63)44-42-40-38-36-34-32-30-28-20-18-16-14-12-10-8-6-4-2)48-71-60-59(69)57(67)55(65)52(75-60)49-72-61-58(68)56(66)54(64)51(46-62)74-61/h12,14-15,17-18,20-22,24-25,50-52,54-62,64-69H,3-11,13,16,19,23,26-49H2,1-2H3/b14-12-,17-15-,20-18-,22-21-,25-24-. The van der Waals surface area contributed by atoms with Crippen LogP contribution in [0.3, 0.4) is 0 Å². The highest BCUT2D eigenvalue weighted by Gasteiger charge is 2.47. The maximum Gasteiger partial charge on any atom is 0.306 e. The molecule has 0 aromatic carbocycles. The van der Waals surface area contributed by atoms with Gasteiger partial charge in [-0.05, 0) is 83.5 Å². The average molecular weight is 1070 g/mol. The lowest BCUT2D eigenvalue weighted by Gasteiger charge is -2.42. The van der Waals surface area contributed by atoms with E-state index in [1.807, 2.05) is 0 Å². The number of allylic oxidation sites excluding steroid dienone is 10. The molecule has 14 heteroatoms. The van der Waals surface area contributed by atoms with Gasteiger partial charge in [0.2, 0.25) is 0 Å². The maximum absolute atomic E-state index is 13.1. The molecule has 2 fully saturated rings. The first-order valence-electron chi connectivity index (χ1n) is 29.9. The van der Waals surface area contributed by atoms with Gasteiger partial charge in [0.25, 0.3) is 0 Å². The molecule has 2 aliphatic rings. The topological polar surface area (TPSA) is 214 Å². The lowest BCUT2D eigenvalue weighted by Crippen LogP contribution is -2.61. The largest absolute Gasteiger partial charge is 0.457 e. The van der Waals surface area contributed by atoms with Crippen LogP contribution in [0.25, 0.3) is 0 Å². The Morgan fingerprint density at radius 2 is 0.827 bits per heavy atom. The quantitative estimate of drug-likeness (QED) is 0.0172. The fourth-order valence-electron chi connectivity index (χ4n) is 9.15. The fourth-order valence-corrected chi connectivity index (χ4v) is 9.15. The number of ether oxygens (including phenoxy) is 6. The van der Waals surface area contributed by atoms with Crippen molar-refractivity contribution >= 4 is 5.97 Å². The van der Waals surface area contributed by atoms with Gasteiger partial charge in [-0.25, -0.2) is 0 Å². The van der Waals surface area contributed by atoms with Crippen molar-refractivity contribution in [3.8, 4) is 0 Å². The molecule has 2 saturated heterocycles. The van der Waals surface area contributed by atoms with Gasteiger partial charge in [-0.3, -0.25) is 4.79 Å². The van der Waals surface area contributed by atoms with Gasteiger partial charge in [-0.1, -0.05) is 190 Å². The van der Waals surface area contributed by atoms with Gasteiger partial charge in [0.1, 0.15) is 54.9 Å². The SMILES string of the molecule is CCCCC/C=C\C/C=C\CCCCCCCCCC(=O)OC(COCCCCCCCCCCC/C=C\C/C=C\C/C=C\CCCCCCC)COC1OC(COC2OC(CO)C(O)C(O)C2O)C(O)C(O)C1O. The third kappa shape index (κ3) is 34.3. The second-order valence-electron chi connectivity index (χ2n) is 20.8. The lowest BCUT2D eigenvalue weighted by atomic mass is 9.98. The van der Waals surface area contributed by atoms with Gasteiger partial charge in [-0.15, -0.1) is 0 Å². The molecule has 436 valence electrons. The first-order valence-corrected chi connectivity index (χ1v) is 29.9. The van der Waals surface area contributed by atoms with Crippen LogP contribution in [0, 0.1) is 0 Å². The Balaban J connectivity index is 1.71. The van der Waals surface area contributed by atoms with Crippen molar-refractivity contribution in [2.24, 2.45) is 0 Å². The van der Waals surface area contributed by atoms with Gasteiger partial charge in [0.15, 0.2) is 12.6 Å². The molecule has 2 rings (SSSR count). The molecule has 11 atom stereocenters. The van der Waals surface area contributed by atoms with E-state index in [2.05, 4.69) is 74.6 Å². The summed E-state index contributed by atoms with van der Waals surface area (Å²) in [5.41, 5.74) is 0. The van der Waals surface area contributed by atoms with Crippen molar-refractivity contribution in [2.75, 3.05) is 33.0 Å². The van der Waals surface area contributed by atoms with Crippen LogP contribution in [-0.4, -0.2) is 142 Å². The van der Waals surface area contributed by atoms with Crippen LogP contribution < -0.4 is 0 Å². The van der Waals surface area contributed by atoms with Crippen LogP contribution in [0.5, 0.6) is 0 Å². The van der Waals surface area contributed by atoms with Gasteiger partial charge in [-0.2, -0.15) is 0 Å². The number of aliphatic hydroxyl groups is 7. The molecule has 0 aromatic rings. The zero-order valence-electron chi connectivity index (χ0n) is 46.8. The highest BCUT2D eigenvalue weighted by atomic mass is 16.7. The summed E-state index contributed by atoms with van der Waals surface area (Å²) in [5.74, 6) is -0.386. The molecule has 0 radical (unpaired) electrons. The Bertz CT molecular complexity index is 1470. The summed E-state index contributed by atoms with van der Waals surface area (Å²) in [6.07, 6.45) is 42.7. The van der Waals surface area contributed by atoms with E-state index in [9.17, 15) is 40.5 Å². The lowest BCUT2D eigenvalue weighted by molar-refractivity contribution is -0.332. The van der Waals surface area contributed by atoms with E-state index in [0.717, 1.165) is 70.6 Å². The Labute approximate surface area is 454 Å². The van der Waals surface area contributed by atoms with E-state index in [4.69, 9.17) is 28.4 Å². The van der Waals surface area contributed by atoms with E-state index in [1.165, 1.54) is 122 Å². The van der Waals surface area contributed by atoms with Crippen molar-refractivity contribution in [3.05, 3.63) is 60.8 Å². The van der Waals surface area contributed by atoms with Gasteiger partial charge < -0.3 is 64.2 Å². The molecule has 2 aliphatic heterocycles. The smallest absolute Gasteiger partial charge is 0.306 e. The number of carbonyl (C=O) groups is 1. The molecule has 75 heavy (non-hydrogen) atoms.